The number of nitrogens with one attached hydrogen (secondary N) is 2. The van der Waals surface area contributed by atoms with Gasteiger partial charge in [-0.2, -0.15) is 4.72 Å². The molecule has 3 rings (SSSR count). The Bertz CT molecular complexity index is 911. The maximum atomic E-state index is 13.1. The van der Waals surface area contributed by atoms with Crippen molar-refractivity contribution in [3.05, 3.63) is 65.7 Å². The van der Waals surface area contributed by atoms with Crippen molar-refractivity contribution >= 4 is 15.9 Å². The fraction of sp³-hybridized carbons (Fsp3) is 0.435. The third-order valence-corrected chi connectivity index (χ3v) is 7.15. The van der Waals surface area contributed by atoms with Crippen molar-refractivity contribution in [3.63, 3.8) is 0 Å². The Hall–Kier alpha value is -2.18. The summed E-state index contributed by atoms with van der Waals surface area (Å²) in [5.74, 6) is 0.141. The molecule has 156 valence electrons. The van der Waals surface area contributed by atoms with Gasteiger partial charge >= 0.3 is 0 Å². The predicted molar refractivity (Wildman–Crippen MR) is 115 cm³/mol. The number of amides is 1. The van der Waals surface area contributed by atoms with E-state index in [2.05, 4.69) is 17.0 Å². The van der Waals surface area contributed by atoms with E-state index < -0.39 is 16.1 Å². The molecule has 2 aromatic carbocycles. The van der Waals surface area contributed by atoms with Crippen LogP contribution >= 0.6 is 0 Å². The molecule has 0 saturated heterocycles. The highest BCUT2D eigenvalue weighted by molar-refractivity contribution is 7.89. The van der Waals surface area contributed by atoms with Crippen LogP contribution in [-0.4, -0.2) is 26.4 Å². The lowest BCUT2D eigenvalue weighted by Gasteiger charge is -2.31. The van der Waals surface area contributed by atoms with Crippen molar-refractivity contribution in [3.8, 4) is 0 Å². The minimum Gasteiger partial charge on any atom is -0.352 e. The van der Waals surface area contributed by atoms with Gasteiger partial charge in [0.1, 0.15) is 6.04 Å². The van der Waals surface area contributed by atoms with E-state index in [9.17, 15) is 13.2 Å². The first kappa shape index (κ1) is 21.5. The van der Waals surface area contributed by atoms with Gasteiger partial charge in [-0.1, -0.05) is 67.8 Å². The molecule has 1 aliphatic carbocycles. The summed E-state index contributed by atoms with van der Waals surface area (Å²) >= 11 is 0. The standard InChI is InChI=1S/C23H30N2O3S/c1-17-12-14-20(15-13-17)29(27,28)25-22(16-19-9-4-3-5-10-19)23(26)24-21-11-7-6-8-18(21)2/h3-5,9-10,12-15,18,21-22,25H,6-8,11,16H2,1-2H3,(H,24,26)/t18-,21+,22-/m0/s1. The van der Waals surface area contributed by atoms with Gasteiger partial charge in [-0.3, -0.25) is 4.79 Å². The highest BCUT2D eigenvalue weighted by Crippen LogP contribution is 2.24. The van der Waals surface area contributed by atoms with Crippen LogP contribution in [0.1, 0.15) is 43.7 Å². The molecule has 1 aliphatic rings. The van der Waals surface area contributed by atoms with E-state index in [0.29, 0.717) is 12.3 Å². The van der Waals surface area contributed by atoms with Crippen LogP contribution in [0.3, 0.4) is 0 Å². The van der Waals surface area contributed by atoms with Crippen LogP contribution in [-0.2, 0) is 21.2 Å². The summed E-state index contributed by atoms with van der Waals surface area (Å²) in [6, 6.07) is 15.4. The third kappa shape index (κ3) is 5.90. The molecular formula is C23H30N2O3S. The number of hydrogen-bond donors (Lipinski definition) is 2. The molecule has 0 radical (unpaired) electrons. The van der Waals surface area contributed by atoms with Gasteiger partial charge in [0, 0.05) is 6.04 Å². The first-order valence-electron chi connectivity index (χ1n) is 10.3. The lowest BCUT2D eigenvalue weighted by molar-refractivity contribution is -0.124. The summed E-state index contributed by atoms with van der Waals surface area (Å²) in [5, 5.41) is 3.11. The Balaban J connectivity index is 1.80. The van der Waals surface area contributed by atoms with E-state index in [1.807, 2.05) is 37.3 Å². The summed E-state index contributed by atoms with van der Waals surface area (Å²) in [5.41, 5.74) is 1.89. The summed E-state index contributed by atoms with van der Waals surface area (Å²) in [6.07, 6.45) is 4.60. The van der Waals surface area contributed by atoms with Crippen LogP contribution in [0.4, 0.5) is 0 Å². The normalized spacial score (nSPS) is 20.8. The Labute approximate surface area is 174 Å². The zero-order valence-corrected chi connectivity index (χ0v) is 17.9. The summed E-state index contributed by atoms with van der Waals surface area (Å²) in [6.45, 7) is 4.05. The highest BCUT2D eigenvalue weighted by Gasteiger charge is 2.30. The second kappa shape index (κ2) is 9.55. The van der Waals surface area contributed by atoms with Gasteiger partial charge in [0.05, 0.1) is 4.90 Å². The lowest BCUT2D eigenvalue weighted by atomic mass is 9.86. The quantitative estimate of drug-likeness (QED) is 0.727. The minimum absolute atomic E-state index is 0.0957. The van der Waals surface area contributed by atoms with Crippen molar-refractivity contribution in [2.24, 2.45) is 5.92 Å². The molecule has 0 aromatic heterocycles. The minimum atomic E-state index is -3.81. The molecule has 0 bridgehead atoms. The third-order valence-electron chi connectivity index (χ3n) is 5.67. The molecule has 0 unspecified atom stereocenters. The van der Waals surface area contributed by atoms with Crippen LogP contribution in [0, 0.1) is 12.8 Å². The largest absolute Gasteiger partial charge is 0.352 e. The first-order valence-corrected chi connectivity index (χ1v) is 11.8. The molecule has 3 atom stereocenters. The molecule has 29 heavy (non-hydrogen) atoms. The Kier molecular flexibility index (Phi) is 7.09. The monoisotopic (exact) mass is 414 g/mol. The Morgan fingerprint density at radius 3 is 2.34 bits per heavy atom. The van der Waals surface area contributed by atoms with Gasteiger partial charge in [0.15, 0.2) is 0 Å². The summed E-state index contributed by atoms with van der Waals surface area (Å²) in [4.78, 5) is 13.3. The van der Waals surface area contributed by atoms with E-state index in [4.69, 9.17) is 0 Å². The highest BCUT2D eigenvalue weighted by atomic mass is 32.2. The van der Waals surface area contributed by atoms with Crippen molar-refractivity contribution in [1.82, 2.24) is 10.0 Å². The average Bonchev–Trinajstić information content (AvgIpc) is 2.70. The molecule has 1 saturated carbocycles. The topological polar surface area (TPSA) is 75.3 Å². The Morgan fingerprint density at radius 1 is 1.03 bits per heavy atom. The maximum Gasteiger partial charge on any atom is 0.241 e. The van der Waals surface area contributed by atoms with E-state index in [0.717, 1.165) is 30.4 Å². The summed E-state index contributed by atoms with van der Waals surface area (Å²) < 4.78 is 28.5. The van der Waals surface area contributed by atoms with Crippen LogP contribution < -0.4 is 10.0 Å². The molecule has 1 fully saturated rings. The second-order valence-corrected chi connectivity index (χ2v) is 9.77. The number of benzene rings is 2. The molecule has 2 aromatic rings. The van der Waals surface area contributed by atoms with Crippen LogP contribution in [0.2, 0.25) is 0 Å². The van der Waals surface area contributed by atoms with E-state index in [-0.39, 0.29) is 16.8 Å². The van der Waals surface area contributed by atoms with Crippen LogP contribution in [0.15, 0.2) is 59.5 Å². The molecule has 6 heteroatoms. The van der Waals surface area contributed by atoms with E-state index >= 15 is 0 Å². The van der Waals surface area contributed by atoms with Crippen molar-refractivity contribution in [1.29, 1.82) is 0 Å². The van der Waals surface area contributed by atoms with E-state index in [1.165, 1.54) is 6.42 Å². The SMILES string of the molecule is Cc1ccc(S(=O)(=O)N[C@@H](Cc2ccccc2)C(=O)N[C@@H]2CCCC[C@@H]2C)cc1. The maximum absolute atomic E-state index is 13.1. The number of carbonyl (C=O) groups is 1. The number of aryl methyl sites for hydroxylation is 1. The molecule has 0 aliphatic heterocycles. The van der Waals surface area contributed by atoms with Crippen molar-refractivity contribution in [2.45, 2.75) is 62.9 Å². The molecule has 2 N–H and O–H groups in total. The molecular weight excluding hydrogens is 384 g/mol. The van der Waals surface area contributed by atoms with Crippen LogP contribution in [0.25, 0.3) is 0 Å². The smallest absolute Gasteiger partial charge is 0.241 e. The van der Waals surface area contributed by atoms with Crippen LogP contribution in [0.5, 0.6) is 0 Å². The first-order chi connectivity index (χ1) is 13.8. The molecule has 0 heterocycles. The number of hydrogen-bond acceptors (Lipinski definition) is 3. The predicted octanol–water partition coefficient (Wildman–Crippen LogP) is 3.58. The summed E-state index contributed by atoms with van der Waals surface area (Å²) in [7, 11) is -3.81. The van der Waals surface area contributed by atoms with Gasteiger partial charge in [0.25, 0.3) is 0 Å². The molecule has 5 nitrogen and oxygen atoms in total. The fourth-order valence-electron chi connectivity index (χ4n) is 3.82. The molecule has 0 spiro atoms. The fourth-order valence-corrected chi connectivity index (χ4v) is 5.02. The Morgan fingerprint density at radius 2 is 1.69 bits per heavy atom. The average molecular weight is 415 g/mol. The zero-order chi connectivity index (χ0) is 20.9. The number of carbonyl (C=O) groups excluding carboxylic acids is 1. The van der Waals surface area contributed by atoms with E-state index in [1.54, 1.807) is 24.3 Å². The zero-order valence-electron chi connectivity index (χ0n) is 17.1. The number of sulfonamides is 1. The van der Waals surface area contributed by atoms with Crippen molar-refractivity contribution in [2.75, 3.05) is 0 Å². The lowest BCUT2D eigenvalue weighted by Crippen LogP contribution is -2.52. The van der Waals surface area contributed by atoms with Gasteiger partial charge < -0.3 is 5.32 Å². The molecule has 1 amide bonds. The van der Waals surface area contributed by atoms with Gasteiger partial charge in [0.2, 0.25) is 15.9 Å². The second-order valence-electron chi connectivity index (χ2n) is 8.05. The number of rotatable bonds is 7. The van der Waals surface area contributed by atoms with Crippen molar-refractivity contribution < 1.29 is 13.2 Å². The van der Waals surface area contributed by atoms with Gasteiger partial charge in [-0.15, -0.1) is 0 Å². The van der Waals surface area contributed by atoms with Gasteiger partial charge in [-0.05, 0) is 49.8 Å². The van der Waals surface area contributed by atoms with Gasteiger partial charge in [-0.25, -0.2) is 8.42 Å².